The van der Waals surface area contributed by atoms with E-state index in [-0.39, 0.29) is 5.91 Å². The summed E-state index contributed by atoms with van der Waals surface area (Å²) in [6.45, 7) is 2.21. The SMILES string of the molecule is COc1ccc(-c2cc(C(=O)N3CCOCC3)n3nc(-c4ccccc4)cc3n2)cc1. The summed E-state index contributed by atoms with van der Waals surface area (Å²) in [5.74, 6) is 0.693. The molecule has 0 spiro atoms. The number of methoxy groups -OCH3 is 1. The van der Waals surface area contributed by atoms with Gasteiger partial charge in [0.05, 0.1) is 31.7 Å². The van der Waals surface area contributed by atoms with E-state index in [9.17, 15) is 4.79 Å². The van der Waals surface area contributed by atoms with Crippen molar-refractivity contribution in [3.05, 3.63) is 72.4 Å². The smallest absolute Gasteiger partial charge is 0.272 e. The van der Waals surface area contributed by atoms with Gasteiger partial charge in [-0.2, -0.15) is 5.10 Å². The zero-order valence-corrected chi connectivity index (χ0v) is 17.2. The van der Waals surface area contributed by atoms with Crippen molar-refractivity contribution in [2.45, 2.75) is 0 Å². The number of nitrogens with zero attached hydrogens (tertiary/aromatic N) is 4. The van der Waals surface area contributed by atoms with Crippen LogP contribution >= 0.6 is 0 Å². The van der Waals surface area contributed by atoms with E-state index in [1.54, 1.807) is 16.5 Å². The summed E-state index contributed by atoms with van der Waals surface area (Å²) < 4.78 is 12.3. The number of carbonyl (C=O) groups is 1. The zero-order valence-electron chi connectivity index (χ0n) is 17.2. The van der Waals surface area contributed by atoms with E-state index in [1.165, 1.54) is 0 Å². The topological polar surface area (TPSA) is 69.0 Å². The Morgan fingerprint density at radius 1 is 0.935 bits per heavy atom. The van der Waals surface area contributed by atoms with Gasteiger partial charge in [-0.05, 0) is 30.3 Å². The largest absolute Gasteiger partial charge is 0.497 e. The number of benzene rings is 2. The van der Waals surface area contributed by atoms with Crippen molar-refractivity contribution in [3.63, 3.8) is 0 Å². The third-order valence-corrected chi connectivity index (χ3v) is 5.40. The third kappa shape index (κ3) is 3.75. The number of aromatic nitrogens is 3. The number of hydrogen-bond acceptors (Lipinski definition) is 5. The van der Waals surface area contributed by atoms with Crippen LogP contribution in [0.15, 0.2) is 66.7 Å². The molecule has 1 saturated heterocycles. The molecule has 2 aromatic heterocycles. The standard InChI is InChI=1S/C24H22N4O3/c1-30-19-9-7-18(8-10-19)20-15-22(24(29)27-11-13-31-14-12-27)28-23(25-20)16-21(26-28)17-5-3-2-4-6-17/h2-10,15-16H,11-14H2,1H3. The van der Waals surface area contributed by atoms with Crippen LogP contribution < -0.4 is 4.74 Å². The van der Waals surface area contributed by atoms with Crippen LogP contribution in [0.25, 0.3) is 28.2 Å². The van der Waals surface area contributed by atoms with Crippen LogP contribution in [0.2, 0.25) is 0 Å². The Kier molecular flexibility index (Phi) is 5.09. The summed E-state index contributed by atoms with van der Waals surface area (Å²) in [6, 6.07) is 21.3. The minimum atomic E-state index is -0.0758. The Hall–Kier alpha value is -3.71. The molecular formula is C24H22N4O3. The molecule has 2 aromatic carbocycles. The molecule has 0 radical (unpaired) electrons. The normalized spacial score (nSPS) is 14.0. The van der Waals surface area contributed by atoms with Crippen molar-refractivity contribution >= 4 is 11.6 Å². The molecular weight excluding hydrogens is 392 g/mol. The van der Waals surface area contributed by atoms with Crippen LogP contribution in [0.5, 0.6) is 5.75 Å². The number of fused-ring (bicyclic) bond motifs is 1. The lowest BCUT2D eigenvalue weighted by Crippen LogP contribution is -2.41. The molecule has 1 aliphatic rings. The maximum absolute atomic E-state index is 13.4. The quantitative estimate of drug-likeness (QED) is 0.511. The molecule has 7 heteroatoms. The molecule has 0 unspecified atom stereocenters. The first-order valence-corrected chi connectivity index (χ1v) is 10.2. The van der Waals surface area contributed by atoms with Crippen LogP contribution in [-0.2, 0) is 4.74 Å². The van der Waals surface area contributed by atoms with Gasteiger partial charge >= 0.3 is 0 Å². The van der Waals surface area contributed by atoms with E-state index < -0.39 is 0 Å². The van der Waals surface area contributed by atoms with Crippen molar-refractivity contribution in [1.29, 1.82) is 0 Å². The van der Waals surface area contributed by atoms with Gasteiger partial charge in [-0.15, -0.1) is 0 Å². The molecule has 0 bridgehead atoms. The van der Waals surface area contributed by atoms with Gasteiger partial charge in [-0.3, -0.25) is 4.79 Å². The molecule has 0 aliphatic carbocycles. The fraction of sp³-hybridized carbons (Fsp3) is 0.208. The van der Waals surface area contributed by atoms with E-state index in [0.717, 1.165) is 22.6 Å². The van der Waals surface area contributed by atoms with Crippen LogP contribution in [0.3, 0.4) is 0 Å². The number of carbonyl (C=O) groups excluding carboxylic acids is 1. The average Bonchev–Trinajstić information content (AvgIpc) is 3.28. The minimum absolute atomic E-state index is 0.0758. The van der Waals surface area contributed by atoms with Gasteiger partial charge in [0, 0.05) is 30.3 Å². The van der Waals surface area contributed by atoms with Gasteiger partial charge in [0.2, 0.25) is 0 Å². The number of hydrogen-bond donors (Lipinski definition) is 0. The molecule has 1 fully saturated rings. The van der Waals surface area contributed by atoms with Crippen LogP contribution in [0, 0.1) is 0 Å². The Balaban J connectivity index is 1.65. The summed E-state index contributed by atoms with van der Waals surface area (Å²) in [7, 11) is 1.63. The van der Waals surface area contributed by atoms with E-state index in [0.29, 0.717) is 43.3 Å². The Bertz CT molecular complexity index is 1210. The Labute approximate surface area is 179 Å². The van der Waals surface area contributed by atoms with Gasteiger partial charge in [0.25, 0.3) is 5.91 Å². The highest BCUT2D eigenvalue weighted by Crippen LogP contribution is 2.26. The molecule has 3 heterocycles. The summed E-state index contributed by atoms with van der Waals surface area (Å²) in [5, 5.41) is 4.72. The van der Waals surface area contributed by atoms with Gasteiger partial charge in [0.1, 0.15) is 11.4 Å². The molecule has 156 valence electrons. The van der Waals surface area contributed by atoms with Crippen molar-refractivity contribution < 1.29 is 14.3 Å². The lowest BCUT2D eigenvalue weighted by Gasteiger charge is -2.27. The third-order valence-electron chi connectivity index (χ3n) is 5.40. The first kappa shape index (κ1) is 19.3. The number of morpholine rings is 1. The number of ether oxygens (including phenoxy) is 2. The highest BCUT2D eigenvalue weighted by Gasteiger charge is 2.23. The van der Waals surface area contributed by atoms with Gasteiger partial charge in [-0.1, -0.05) is 30.3 Å². The van der Waals surface area contributed by atoms with Crippen LogP contribution in [-0.4, -0.2) is 58.8 Å². The maximum Gasteiger partial charge on any atom is 0.272 e. The first-order valence-electron chi connectivity index (χ1n) is 10.2. The summed E-state index contributed by atoms with van der Waals surface area (Å²) in [5.41, 5.74) is 4.48. The number of rotatable bonds is 4. The molecule has 0 atom stereocenters. The van der Waals surface area contributed by atoms with Crippen molar-refractivity contribution in [2.24, 2.45) is 0 Å². The van der Waals surface area contributed by atoms with Crippen molar-refractivity contribution in [1.82, 2.24) is 19.5 Å². The van der Waals surface area contributed by atoms with Crippen LogP contribution in [0.1, 0.15) is 10.5 Å². The summed E-state index contributed by atoms with van der Waals surface area (Å²) in [6.07, 6.45) is 0. The molecule has 7 nitrogen and oxygen atoms in total. The second-order valence-corrected chi connectivity index (χ2v) is 7.33. The first-order chi connectivity index (χ1) is 15.2. The second-order valence-electron chi connectivity index (χ2n) is 7.33. The molecule has 31 heavy (non-hydrogen) atoms. The van der Waals surface area contributed by atoms with E-state index in [1.807, 2.05) is 66.7 Å². The van der Waals surface area contributed by atoms with Gasteiger partial charge < -0.3 is 14.4 Å². The lowest BCUT2D eigenvalue weighted by molar-refractivity contribution is 0.0297. The maximum atomic E-state index is 13.4. The molecule has 0 saturated carbocycles. The molecule has 1 amide bonds. The summed E-state index contributed by atoms with van der Waals surface area (Å²) >= 11 is 0. The van der Waals surface area contributed by atoms with Gasteiger partial charge in [0.15, 0.2) is 5.65 Å². The van der Waals surface area contributed by atoms with Crippen molar-refractivity contribution in [2.75, 3.05) is 33.4 Å². The molecule has 1 aliphatic heterocycles. The Morgan fingerprint density at radius 2 is 1.65 bits per heavy atom. The highest BCUT2D eigenvalue weighted by molar-refractivity contribution is 5.94. The molecule has 0 N–H and O–H groups in total. The fourth-order valence-corrected chi connectivity index (χ4v) is 3.71. The monoisotopic (exact) mass is 414 g/mol. The van der Waals surface area contributed by atoms with E-state index in [2.05, 4.69) is 0 Å². The summed E-state index contributed by atoms with van der Waals surface area (Å²) in [4.78, 5) is 20.0. The van der Waals surface area contributed by atoms with Gasteiger partial charge in [-0.25, -0.2) is 9.50 Å². The zero-order chi connectivity index (χ0) is 21.2. The number of amides is 1. The van der Waals surface area contributed by atoms with Crippen molar-refractivity contribution in [3.8, 4) is 28.3 Å². The molecule has 5 rings (SSSR count). The predicted molar refractivity (Wildman–Crippen MR) is 117 cm³/mol. The lowest BCUT2D eigenvalue weighted by atomic mass is 10.1. The highest BCUT2D eigenvalue weighted by atomic mass is 16.5. The second kappa shape index (κ2) is 8.20. The Morgan fingerprint density at radius 3 is 2.35 bits per heavy atom. The van der Waals surface area contributed by atoms with E-state index >= 15 is 0 Å². The minimum Gasteiger partial charge on any atom is -0.497 e. The molecule has 4 aromatic rings. The van der Waals surface area contributed by atoms with E-state index in [4.69, 9.17) is 19.6 Å². The fourth-order valence-electron chi connectivity index (χ4n) is 3.71. The predicted octanol–water partition coefficient (Wildman–Crippen LogP) is 3.54. The average molecular weight is 414 g/mol. The van der Waals surface area contributed by atoms with Crippen LogP contribution in [0.4, 0.5) is 0 Å².